The smallest absolute Gasteiger partial charge is 0.286 e. The first-order chi connectivity index (χ1) is 10.5. The molecule has 2 amide bonds. The highest BCUT2D eigenvalue weighted by Gasteiger charge is 2.21. The number of anilines is 1. The van der Waals surface area contributed by atoms with Crippen molar-refractivity contribution in [2.75, 3.05) is 5.32 Å². The van der Waals surface area contributed by atoms with Crippen LogP contribution in [-0.4, -0.2) is 16.8 Å². The zero-order valence-electron chi connectivity index (χ0n) is 10.9. The van der Waals surface area contributed by atoms with Crippen LogP contribution < -0.4 is 11.1 Å². The minimum Gasteiger partial charge on any atom is -0.449 e. The van der Waals surface area contributed by atoms with Crippen molar-refractivity contribution in [2.45, 2.75) is 0 Å². The van der Waals surface area contributed by atoms with Crippen molar-refractivity contribution in [3.8, 4) is 0 Å². The lowest BCUT2D eigenvalue weighted by molar-refractivity contribution is 0.0977. The first-order valence-corrected chi connectivity index (χ1v) is 6.50. The van der Waals surface area contributed by atoms with Crippen LogP contribution in [0.25, 0.3) is 11.0 Å². The molecule has 0 aliphatic carbocycles. The molecule has 0 atom stereocenters. The Bertz CT molecular complexity index is 900. The van der Waals surface area contributed by atoms with Crippen molar-refractivity contribution in [2.24, 2.45) is 5.73 Å². The number of nitrogens with two attached hydrogens (primary N) is 1. The monoisotopic (exact) mass is 321 g/mol. The molecule has 4 N–H and O–H groups in total. The topological polar surface area (TPSA) is 101 Å². The summed E-state index contributed by atoms with van der Waals surface area (Å²) < 4.78 is 18.3. The summed E-state index contributed by atoms with van der Waals surface area (Å²) in [6.07, 6.45) is 1.04. The number of aromatic amines is 1. The first-order valence-electron chi connectivity index (χ1n) is 6.13. The van der Waals surface area contributed by atoms with Crippen molar-refractivity contribution < 1.29 is 18.4 Å². The SMILES string of the molecule is NC(=O)c1oc2ccc(Cl)cc2c1NC(=O)c1cc(F)c[nH]1. The zero-order chi connectivity index (χ0) is 15.9. The Labute approximate surface area is 128 Å². The molecule has 2 aromatic heterocycles. The molecule has 6 nitrogen and oxygen atoms in total. The van der Waals surface area contributed by atoms with Gasteiger partial charge in [0.15, 0.2) is 0 Å². The maximum atomic E-state index is 13.0. The molecule has 0 saturated carbocycles. The van der Waals surface area contributed by atoms with Crippen molar-refractivity contribution in [3.05, 3.63) is 52.8 Å². The molecule has 112 valence electrons. The van der Waals surface area contributed by atoms with Gasteiger partial charge in [-0.2, -0.15) is 0 Å². The van der Waals surface area contributed by atoms with Gasteiger partial charge in [0.25, 0.3) is 11.8 Å². The second kappa shape index (κ2) is 5.19. The van der Waals surface area contributed by atoms with Gasteiger partial charge in [0, 0.05) is 22.7 Å². The molecule has 2 heterocycles. The van der Waals surface area contributed by atoms with E-state index in [0.29, 0.717) is 16.0 Å². The number of amides is 2. The lowest BCUT2D eigenvalue weighted by Crippen LogP contribution is -2.17. The summed E-state index contributed by atoms with van der Waals surface area (Å²) in [5, 5.41) is 3.29. The summed E-state index contributed by atoms with van der Waals surface area (Å²) in [5.41, 5.74) is 5.67. The van der Waals surface area contributed by atoms with Gasteiger partial charge in [-0.15, -0.1) is 0 Å². The van der Waals surface area contributed by atoms with Crippen LogP contribution in [0.5, 0.6) is 0 Å². The molecule has 0 unspecified atom stereocenters. The van der Waals surface area contributed by atoms with E-state index in [2.05, 4.69) is 10.3 Å². The Kier molecular flexibility index (Phi) is 3.34. The van der Waals surface area contributed by atoms with Gasteiger partial charge in [0.05, 0.1) is 0 Å². The number of hydrogen-bond donors (Lipinski definition) is 3. The van der Waals surface area contributed by atoms with Gasteiger partial charge in [0.1, 0.15) is 22.8 Å². The van der Waals surface area contributed by atoms with Crippen LogP contribution in [0.2, 0.25) is 5.02 Å². The molecule has 0 bridgehead atoms. The van der Waals surface area contributed by atoms with Crippen molar-refractivity contribution in [3.63, 3.8) is 0 Å². The highest BCUT2D eigenvalue weighted by Crippen LogP contribution is 2.33. The molecular formula is C14H9ClFN3O3. The largest absolute Gasteiger partial charge is 0.449 e. The first kappa shape index (κ1) is 14.2. The van der Waals surface area contributed by atoms with Gasteiger partial charge < -0.3 is 20.5 Å². The zero-order valence-corrected chi connectivity index (χ0v) is 11.7. The van der Waals surface area contributed by atoms with Crippen molar-refractivity contribution in [1.29, 1.82) is 0 Å². The van der Waals surface area contributed by atoms with Gasteiger partial charge in [-0.3, -0.25) is 9.59 Å². The number of nitrogens with one attached hydrogen (secondary N) is 2. The number of H-pyrrole nitrogens is 1. The standard InChI is InChI=1S/C14H9ClFN3O3/c15-6-1-2-10-8(3-6)11(12(22-10)13(17)20)19-14(21)9-4-7(16)5-18-9/h1-5,18H,(H2,17,20)(H,19,21). The van der Waals surface area contributed by atoms with Gasteiger partial charge in [-0.25, -0.2) is 4.39 Å². The Balaban J connectivity index is 2.08. The summed E-state index contributed by atoms with van der Waals surface area (Å²) >= 11 is 5.91. The van der Waals surface area contributed by atoms with Crippen LogP contribution in [0, 0.1) is 5.82 Å². The van der Waals surface area contributed by atoms with Gasteiger partial charge >= 0.3 is 0 Å². The summed E-state index contributed by atoms with van der Waals surface area (Å²) in [7, 11) is 0. The Morgan fingerprint density at radius 1 is 1.32 bits per heavy atom. The number of carbonyl (C=O) groups is 2. The fourth-order valence-corrected chi connectivity index (χ4v) is 2.22. The Morgan fingerprint density at radius 3 is 2.73 bits per heavy atom. The predicted molar refractivity (Wildman–Crippen MR) is 78.4 cm³/mol. The molecular weight excluding hydrogens is 313 g/mol. The average molecular weight is 322 g/mol. The van der Waals surface area contributed by atoms with E-state index in [0.717, 1.165) is 12.3 Å². The van der Waals surface area contributed by atoms with Crippen molar-refractivity contribution >= 4 is 40.1 Å². The molecule has 1 aromatic carbocycles. The minimum absolute atomic E-state index is 0.00991. The number of hydrogen-bond acceptors (Lipinski definition) is 3. The number of primary amides is 1. The number of furan rings is 1. The van der Waals surface area contributed by atoms with E-state index < -0.39 is 17.6 Å². The van der Waals surface area contributed by atoms with Crippen LogP contribution in [-0.2, 0) is 0 Å². The molecule has 3 aromatic rings. The minimum atomic E-state index is -0.847. The molecule has 0 saturated heterocycles. The second-order valence-electron chi connectivity index (χ2n) is 4.50. The second-order valence-corrected chi connectivity index (χ2v) is 4.93. The summed E-state index contributed by atoms with van der Waals surface area (Å²) in [4.78, 5) is 26.0. The third kappa shape index (κ3) is 2.42. The summed E-state index contributed by atoms with van der Waals surface area (Å²) in [5.74, 6) is -2.28. The van der Waals surface area contributed by atoms with E-state index in [4.69, 9.17) is 21.8 Å². The fraction of sp³-hybridized carbons (Fsp3) is 0. The van der Waals surface area contributed by atoms with E-state index in [9.17, 15) is 14.0 Å². The number of fused-ring (bicyclic) bond motifs is 1. The highest BCUT2D eigenvalue weighted by molar-refractivity contribution is 6.31. The average Bonchev–Trinajstić information content (AvgIpc) is 3.03. The number of aromatic nitrogens is 1. The molecule has 8 heteroatoms. The molecule has 0 fully saturated rings. The molecule has 3 rings (SSSR count). The molecule has 0 radical (unpaired) electrons. The maximum absolute atomic E-state index is 13.0. The highest BCUT2D eigenvalue weighted by atomic mass is 35.5. The molecule has 0 spiro atoms. The van der Waals surface area contributed by atoms with Crippen LogP contribution >= 0.6 is 11.6 Å². The van der Waals surface area contributed by atoms with Gasteiger partial charge in [-0.1, -0.05) is 11.6 Å². The van der Waals surface area contributed by atoms with Crippen LogP contribution in [0.1, 0.15) is 21.0 Å². The van der Waals surface area contributed by atoms with E-state index >= 15 is 0 Å². The summed E-state index contributed by atoms with van der Waals surface area (Å²) in [6, 6.07) is 5.67. The summed E-state index contributed by atoms with van der Waals surface area (Å²) in [6.45, 7) is 0. The van der Waals surface area contributed by atoms with Gasteiger partial charge in [0.2, 0.25) is 5.76 Å². The number of carbonyl (C=O) groups excluding carboxylic acids is 2. The third-order valence-corrected chi connectivity index (χ3v) is 3.24. The normalized spacial score (nSPS) is 10.8. The lowest BCUT2D eigenvalue weighted by atomic mass is 10.2. The van der Waals surface area contributed by atoms with Crippen LogP contribution in [0.3, 0.4) is 0 Å². The maximum Gasteiger partial charge on any atom is 0.286 e. The molecule has 0 aliphatic heterocycles. The van der Waals surface area contributed by atoms with Crippen LogP contribution in [0.15, 0.2) is 34.9 Å². The van der Waals surface area contributed by atoms with Crippen LogP contribution in [0.4, 0.5) is 10.1 Å². The lowest BCUT2D eigenvalue weighted by Gasteiger charge is -2.03. The van der Waals surface area contributed by atoms with E-state index in [1.165, 1.54) is 6.07 Å². The fourth-order valence-electron chi connectivity index (χ4n) is 2.05. The Morgan fingerprint density at radius 2 is 2.09 bits per heavy atom. The predicted octanol–water partition coefficient (Wildman–Crippen LogP) is 2.90. The molecule has 22 heavy (non-hydrogen) atoms. The Hall–Kier alpha value is -2.80. The quantitative estimate of drug-likeness (QED) is 0.691. The number of halogens is 2. The van der Waals surface area contributed by atoms with E-state index in [1.807, 2.05) is 0 Å². The van der Waals surface area contributed by atoms with E-state index in [-0.39, 0.29) is 17.1 Å². The third-order valence-electron chi connectivity index (χ3n) is 3.00. The van der Waals surface area contributed by atoms with Gasteiger partial charge in [-0.05, 0) is 18.2 Å². The van der Waals surface area contributed by atoms with Crippen molar-refractivity contribution in [1.82, 2.24) is 4.98 Å². The number of benzene rings is 1. The number of rotatable bonds is 3. The molecule has 0 aliphatic rings. The van der Waals surface area contributed by atoms with E-state index in [1.54, 1.807) is 12.1 Å².